The fourth-order valence-electron chi connectivity index (χ4n) is 3.94. The zero-order chi connectivity index (χ0) is 16.7. The molecule has 1 atom stereocenters. The van der Waals surface area contributed by atoms with Gasteiger partial charge in [0.15, 0.2) is 0 Å². The lowest BCUT2D eigenvalue weighted by Crippen LogP contribution is -2.51. The first kappa shape index (κ1) is 15.7. The Hall–Kier alpha value is -1.81. The zero-order valence-electron chi connectivity index (χ0n) is 15.1. The summed E-state index contributed by atoms with van der Waals surface area (Å²) in [4.78, 5) is 5.14. The molecule has 1 aliphatic heterocycles. The van der Waals surface area contributed by atoms with E-state index in [9.17, 15) is 0 Å². The summed E-state index contributed by atoms with van der Waals surface area (Å²) in [6.07, 6.45) is 4.76. The van der Waals surface area contributed by atoms with Crippen LogP contribution in [0.1, 0.15) is 42.5 Å². The first-order valence-corrected chi connectivity index (χ1v) is 9.18. The molecule has 24 heavy (non-hydrogen) atoms. The average Bonchev–Trinajstić information content (AvgIpc) is 3.34. The van der Waals surface area contributed by atoms with Crippen LogP contribution < -0.4 is 4.90 Å². The van der Waals surface area contributed by atoms with Crippen molar-refractivity contribution in [1.29, 1.82) is 0 Å². The number of aryl methyl sites for hydroxylation is 2. The predicted octanol–water partition coefficient (Wildman–Crippen LogP) is 3.32. The molecule has 0 spiro atoms. The molecule has 4 nitrogen and oxygen atoms in total. The number of hydrogen-bond acceptors (Lipinski definition) is 3. The van der Waals surface area contributed by atoms with Gasteiger partial charge in [-0.3, -0.25) is 9.58 Å². The average molecular weight is 324 g/mol. The summed E-state index contributed by atoms with van der Waals surface area (Å²) in [5, 5.41) is 4.52. The van der Waals surface area contributed by atoms with Gasteiger partial charge in [0.05, 0.1) is 6.20 Å². The third kappa shape index (κ3) is 3.07. The second-order valence-electron chi connectivity index (χ2n) is 7.55. The van der Waals surface area contributed by atoms with Gasteiger partial charge < -0.3 is 4.90 Å². The molecule has 128 valence electrons. The molecule has 4 heteroatoms. The molecule has 0 amide bonds. The van der Waals surface area contributed by atoms with Gasteiger partial charge in [-0.05, 0) is 38.8 Å². The maximum Gasteiger partial charge on any atom is 0.0537 e. The predicted molar refractivity (Wildman–Crippen MR) is 98.4 cm³/mol. The number of anilines is 1. The number of benzene rings is 1. The third-order valence-electron chi connectivity index (χ3n) is 5.57. The van der Waals surface area contributed by atoms with Crippen LogP contribution in [-0.4, -0.2) is 40.4 Å². The van der Waals surface area contributed by atoms with Crippen molar-refractivity contribution in [3.63, 3.8) is 0 Å². The molecule has 0 unspecified atom stereocenters. The Morgan fingerprint density at radius 3 is 2.54 bits per heavy atom. The van der Waals surface area contributed by atoms with Crippen LogP contribution in [0.3, 0.4) is 0 Å². The number of hydrogen-bond donors (Lipinski definition) is 0. The topological polar surface area (TPSA) is 24.3 Å². The van der Waals surface area contributed by atoms with Crippen LogP contribution in [0.15, 0.2) is 30.5 Å². The largest absolute Gasteiger partial charge is 0.369 e. The second kappa shape index (κ2) is 6.25. The molecule has 1 aromatic carbocycles. The number of piperazine rings is 1. The van der Waals surface area contributed by atoms with E-state index in [-0.39, 0.29) is 0 Å². The van der Waals surface area contributed by atoms with E-state index in [2.05, 4.69) is 70.9 Å². The highest BCUT2D eigenvalue weighted by Gasteiger charge is 2.31. The SMILES string of the molecule is Cc1ccc(N2CCN(Cc3cnn(C)c3C3CC3)[C@@H](C)C2)cc1. The molecule has 1 saturated heterocycles. The highest BCUT2D eigenvalue weighted by molar-refractivity contribution is 5.48. The van der Waals surface area contributed by atoms with E-state index in [0.717, 1.165) is 32.1 Å². The Labute approximate surface area is 145 Å². The Kier molecular flexibility index (Phi) is 4.09. The first-order valence-electron chi connectivity index (χ1n) is 9.18. The second-order valence-corrected chi connectivity index (χ2v) is 7.55. The van der Waals surface area contributed by atoms with Gasteiger partial charge in [0.1, 0.15) is 0 Å². The van der Waals surface area contributed by atoms with Gasteiger partial charge >= 0.3 is 0 Å². The quantitative estimate of drug-likeness (QED) is 0.862. The Morgan fingerprint density at radius 2 is 1.88 bits per heavy atom. The van der Waals surface area contributed by atoms with Crippen LogP contribution in [0.25, 0.3) is 0 Å². The summed E-state index contributed by atoms with van der Waals surface area (Å²) in [6.45, 7) is 8.87. The zero-order valence-corrected chi connectivity index (χ0v) is 15.1. The maximum atomic E-state index is 4.52. The smallest absolute Gasteiger partial charge is 0.0537 e. The molecule has 0 radical (unpaired) electrons. The van der Waals surface area contributed by atoms with Gasteiger partial charge in [0.2, 0.25) is 0 Å². The summed E-state index contributed by atoms with van der Waals surface area (Å²) in [7, 11) is 2.09. The van der Waals surface area contributed by atoms with Gasteiger partial charge in [-0.25, -0.2) is 0 Å². The minimum atomic E-state index is 0.562. The molecule has 0 N–H and O–H groups in total. The van der Waals surface area contributed by atoms with E-state index in [1.54, 1.807) is 0 Å². The molecule has 2 heterocycles. The highest BCUT2D eigenvalue weighted by atomic mass is 15.3. The van der Waals surface area contributed by atoms with E-state index >= 15 is 0 Å². The molecule has 0 bridgehead atoms. The van der Waals surface area contributed by atoms with Crippen molar-refractivity contribution in [2.75, 3.05) is 24.5 Å². The number of rotatable bonds is 4. The van der Waals surface area contributed by atoms with E-state index < -0.39 is 0 Å². The van der Waals surface area contributed by atoms with E-state index in [0.29, 0.717) is 6.04 Å². The van der Waals surface area contributed by atoms with Crippen molar-refractivity contribution >= 4 is 5.69 Å². The van der Waals surface area contributed by atoms with Gasteiger partial charge in [0.25, 0.3) is 0 Å². The molecule has 4 rings (SSSR count). The molecule has 2 aromatic rings. The van der Waals surface area contributed by atoms with Gasteiger partial charge in [-0.1, -0.05) is 17.7 Å². The highest BCUT2D eigenvalue weighted by Crippen LogP contribution is 2.41. The van der Waals surface area contributed by atoms with Gasteiger partial charge in [-0.2, -0.15) is 5.10 Å². The summed E-state index contributed by atoms with van der Waals surface area (Å²) in [6, 6.07) is 9.49. The minimum Gasteiger partial charge on any atom is -0.369 e. The lowest BCUT2D eigenvalue weighted by atomic mass is 10.1. The summed E-state index contributed by atoms with van der Waals surface area (Å²) >= 11 is 0. The van der Waals surface area contributed by atoms with Crippen molar-refractivity contribution in [2.45, 2.75) is 45.2 Å². The minimum absolute atomic E-state index is 0.562. The fraction of sp³-hybridized carbons (Fsp3) is 0.550. The van der Waals surface area contributed by atoms with Crippen LogP contribution in [0.5, 0.6) is 0 Å². The first-order chi connectivity index (χ1) is 11.6. The molecule has 1 aromatic heterocycles. The molecule has 1 aliphatic carbocycles. The van der Waals surface area contributed by atoms with E-state index in [1.807, 2.05) is 0 Å². The number of nitrogens with zero attached hydrogens (tertiary/aromatic N) is 4. The van der Waals surface area contributed by atoms with Crippen molar-refractivity contribution in [3.8, 4) is 0 Å². The van der Waals surface area contributed by atoms with Crippen LogP contribution >= 0.6 is 0 Å². The van der Waals surface area contributed by atoms with Gasteiger partial charge in [0, 0.05) is 62.1 Å². The molecule has 2 aliphatic rings. The molecule has 1 saturated carbocycles. The lowest BCUT2D eigenvalue weighted by Gasteiger charge is -2.41. The summed E-state index contributed by atoms with van der Waals surface area (Å²) in [5.41, 5.74) is 5.60. The van der Waals surface area contributed by atoms with Crippen molar-refractivity contribution < 1.29 is 0 Å². The monoisotopic (exact) mass is 324 g/mol. The summed E-state index contributed by atoms with van der Waals surface area (Å²) in [5.74, 6) is 0.761. The van der Waals surface area contributed by atoms with Crippen LogP contribution in [-0.2, 0) is 13.6 Å². The summed E-state index contributed by atoms with van der Waals surface area (Å²) < 4.78 is 2.10. The van der Waals surface area contributed by atoms with E-state index in [1.165, 1.54) is 35.3 Å². The van der Waals surface area contributed by atoms with Crippen LogP contribution in [0.2, 0.25) is 0 Å². The standard InChI is InChI=1S/C20H28N4/c1-15-4-8-19(9-5-15)24-11-10-23(16(2)13-24)14-18-12-21-22(3)20(18)17-6-7-17/h4-5,8-9,12,16-17H,6-7,10-11,13-14H2,1-3H3/t16-/m0/s1. The Balaban J connectivity index is 1.43. The van der Waals surface area contributed by atoms with Gasteiger partial charge in [-0.15, -0.1) is 0 Å². The normalized spacial score (nSPS) is 22.1. The number of aromatic nitrogens is 2. The molecular weight excluding hydrogens is 296 g/mol. The molecule has 2 fully saturated rings. The van der Waals surface area contributed by atoms with Crippen molar-refractivity contribution in [2.24, 2.45) is 7.05 Å². The Bertz CT molecular complexity index is 699. The fourth-order valence-corrected chi connectivity index (χ4v) is 3.94. The third-order valence-corrected chi connectivity index (χ3v) is 5.57. The lowest BCUT2D eigenvalue weighted by molar-refractivity contribution is 0.180. The Morgan fingerprint density at radius 1 is 1.12 bits per heavy atom. The van der Waals surface area contributed by atoms with Crippen molar-refractivity contribution in [1.82, 2.24) is 14.7 Å². The van der Waals surface area contributed by atoms with Crippen LogP contribution in [0, 0.1) is 6.92 Å². The van der Waals surface area contributed by atoms with Crippen LogP contribution in [0.4, 0.5) is 5.69 Å². The van der Waals surface area contributed by atoms with Crippen molar-refractivity contribution in [3.05, 3.63) is 47.3 Å². The molecular formula is C20H28N4. The van der Waals surface area contributed by atoms with E-state index in [4.69, 9.17) is 0 Å². The maximum absolute atomic E-state index is 4.52.